The molecule has 0 unspecified atom stereocenters. The van der Waals surface area contributed by atoms with Gasteiger partial charge in [0.15, 0.2) is 5.96 Å². The third-order valence-corrected chi connectivity index (χ3v) is 7.14. The minimum Gasteiger partial charge on any atom is -0.355 e. The smallest absolute Gasteiger partial charge is 0.215 e. The maximum Gasteiger partial charge on any atom is 0.215 e. The van der Waals surface area contributed by atoms with E-state index in [1.54, 1.807) is 7.05 Å². The molecule has 0 bridgehead atoms. The highest BCUT2D eigenvalue weighted by molar-refractivity contribution is 14.0. The summed E-state index contributed by atoms with van der Waals surface area (Å²) in [6.07, 6.45) is 0. The summed E-state index contributed by atoms with van der Waals surface area (Å²) in [5.41, 5.74) is 2.64. The monoisotopic (exact) mass is 537 g/mol. The first-order valence-electron chi connectivity index (χ1n) is 10.1. The lowest BCUT2D eigenvalue weighted by Gasteiger charge is -2.36. The van der Waals surface area contributed by atoms with E-state index in [9.17, 15) is 8.42 Å². The molecule has 0 saturated carbocycles. The van der Waals surface area contributed by atoms with Crippen molar-refractivity contribution in [2.24, 2.45) is 4.99 Å². The topological polar surface area (TPSA) is 68.2 Å². The van der Waals surface area contributed by atoms with Gasteiger partial charge in [-0.05, 0) is 12.5 Å². The van der Waals surface area contributed by atoms with Gasteiger partial charge in [0.05, 0.1) is 5.75 Å². The zero-order valence-electron chi connectivity index (χ0n) is 18.1. The Hall–Kier alpha value is -0.910. The second-order valence-corrected chi connectivity index (χ2v) is 9.22. The van der Waals surface area contributed by atoms with Gasteiger partial charge in [-0.25, -0.2) is 12.7 Å². The number of hydrogen-bond donors (Lipinski definition) is 1. The first kappa shape index (κ1) is 26.1. The molecule has 1 fully saturated rings. The summed E-state index contributed by atoms with van der Waals surface area (Å²) in [5.74, 6) is 0.867. The first-order valence-corrected chi connectivity index (χ1v) is 11.7. The summed E-state index contributed by atoms with van der Waals surface area (Å²) in [6, 6.07) is 8.65. The Morgan fingerprint density at radius 2 is 1.83 bits per heavy atom. The third kappa shape index (κ3) is 8.03. The molecule has 9 heteroatoms. The standard InChI is InChI=1S/C20H35N5O2S.HI/c1-5-25(6-2)28(26,27)15-10-22-20(21-4)24-13-11-23(12-14-24)17-19-9-7-8-18(3)16-19;/h7-9,16H,5-6,10-15,17H2,1-4H3,(H,21,22);1H. The highest BCUT2D eigenvalue weighted by Gasteiger charge is 2.21. The molecule has 0 radical (unpaired) electrons. The summed E-state index contributed by atoms with van der Waals surface area (Å²) in [7, 11) is -1.46. The van der Waals surface area contributed by atoms with Crippen molar-refractivity contribution in [2.75, 3.05) is 58.6 Å². The zero-order valence-corrected chi connectivity index (χ0v) is 21.2. The van der Waals surface area contributed by atoms with E-state index >= 15 is 0 Å². The van der Waals surface area contributed by atoms with Gasteiger partial charge in [-0.3, -0.25) is 9.89 Å². The van der Waals surface area contributed by atoms with Gasteiger partial charge in [0.2, 0.25) is 10.0 Å². The predicted octanol–water partition coefficient (Wildman–Crippen LogP) is 1.98. The maximum atomic E-state index is 12.3. The maximum absolute atomic E-state index is 12.3. The first-order chi connectivity index (χ1) is 13.4. The van der Waals surface area contributed by atoms with E-state index in [1.807, 2.05) is 13.8 Å². The number of nitrogens with one attached hydrogen (secondary N) is 1. The van der Waals surface area contributed by atoms with Gasteiger partial charge in [0.25, 0.3) is 0 Å². The van der Waals surface area contributed by atoms with Crippen LogP contribution in [0.1, 0.15) is 25.0 Å². The molecule has 7 nitrogen and oxygen atoms in total. The van der Waals surface area contributed by atoms with E-state index in [0.29, 0.717) is 19.6 Å². The highest BCUT2D eigenvalue weighted by Crippen LogP contribution is 2.10. The van der Waals surface area contributed by atoms with Crippen molar-refractivity contribution in [1.29, 1.82) is 0 Å². The van der Waals surface area contributed by atoms with Gasteiger partial charge < -0.3 is 10.2 Å². The van der Waals surface area contributed by atoms with Crippen LogP contribution in [0.5, 0.6) is 0 Å². The van der Waals surface area contributed by atoms with Crippen LogP contribution in [0.3, 0.4) is 0 Å². The minimum absolute atomic E-state index is 0. The van der Waals surface area contributed by atoms with Crippen LogP contribution in [-0.4, -0.2) is 87.1 Å². The second-order valence-electron chi connectivity index (χ2n) is 7.13. The Bertz CT molecular complexity index is 745. The van der Waals surface area contributed by atoms with Crippen molar-refractivity contribution >= 4 is 40.0 Å². The van der Waals surface area contributed by atoms with Crippen molar-refractivity contribution in [2.45, 2.75) is 27.3 Å². The molecule has 166 valence electrons. The summed E-state index contributed by atoms with van der Waals surface area (Å²) in [4.78, 5) is 8.99. The molecule has 1 N–H and O–H groups in total. The average molecular weight is 538 g/mol. The lowest BCUT2D eigenvalue weighted by Crippen LogP contribution is -2.52. The second kappa shape index (κ2) is 12.7. The molecular weight excluding hydrogens is 501 g/mol. The molecule has 0 spiro atoms. The molecule has 0 aliphatic carbocycles. The Morgan fingerprint density at radius 3 is 2.38 bits per heavy atom. The van der Waals surface area contributed by atoms with Crippen molar-refractivity contribution in [1.82, 2.24) is 19.4 Å². The number of sulfonamides is 1. The Morgan fingerprint density at radius 1 is 1.17 bits per heavy atom. The largest absolute Gasteiger partial charge is 0.355 e. The van der Waals surface area contributed by atoms with Crippen LogP contribution in [0.2, 0.25) is 0 Å². The number of aliphatic imine (C=N–C) groups is 1. The number of nitrogens with zero attached hydrogens (tertiary/aromatic N) is 4. The van der Waals surface area contributed by atoms with Crippen LogP contribution in [0.15, 0.2) is 29.3 Å². The number of hydrogen-bond acceptors (Lipinski definition) is 4. The van der Waals surface area contributed by atoms with E-state index in [1.165, 1.54) is 15.4 Å². The Kier molecular flexibility index (Phi) is 11.4. The molecule has 1 aliphatic heterocycles. The highest BCUT2D eigenvalue weighted by atomic mass is 127. The number of piperazine rings is 1. The SMILES string of the molecule is CCN(CC)S(=O)(=O)CCNC(=NC)N1CCN(Cc2cccc(C)c2)CC1.I. The molecule has 1 aromatic carbocycles. The fourth-order valence-electron chi connectivity index (χ4n) is 3.56. The van der Waals surface area contributed by atoms with Crippen LogP contribution >= 0.6 is 24.0 Å². The fraction of sp³-hybridized carbons (Fsp3) is 0.650. The van der Waals surface area contributed by atoms with E-state index in [0.717, 1.165) is 38.7 Å². The van der Waals surface area contributed by atoms with Crippen molar-refractivity contribution < 1.29 is 8.42 Å². The predicted molar refractivity (Wildman–Crippen MR) is 132 cm³/mol. The van der Waals surface area contributed by atoms with Gasteiger partial charge >= 0.3 is 0 Å². The van der Waals surface area contributed by atoms with Crippen LogP contribution in [0.25, 0.3) is 0 Å². The quantitative estimate of drug-likeness (QED) is 0.312. The molecule has 1 aromatic rings. The summed E-state index contributed by atoms with van der Waals surface area (Å²) >= 11 is 0. The number of benzene rings is 1. The lowest BCUT2D eigenvalue weighted by molar-refractivity contribution is 0.172. The van der Waals surface area contributed by atoms with Crippen LogP contribution in [0, 0.1) is 6.92 Å². The molecule has 0 amide bonds. The van der Waals surface area contributed by atoms with Crippen molar-refractivity contribution in [3.8, 4) is 0 Å². The number of guanidine groups is 1. The number of halogens is 1. The van der Waals surface area contributed by atoms with Gasteiger partial charge in [0.1, 0.15) is 0 Å². The van der Waals surface area contributed by atoms with E-state index in [2.05, 4.69) is 51.3 Å². The number of rotatable bonds is 8. The van der Waals surface area contributed by atoms with E-state index in [4.69, 9.17) is 0 Å². The molecule has 29 heavy (non-hydrogen) atoms. The minimum atomic E-state index is -3.21. The Balaban J connectivity index is 0.00000420. The fourth-order valence-corrected chi connectivity index (χ4v) is 4.96. The normalized spacial score (nSPS) is 16.0. The zero-order chi connectivity index (χ0) is 20.6. The van der Waals surface area contributed by atoms with Crippen LogP contribution < -0.4 is 5.32 Å². The summed E-state index contributed by atoms with van der Waals surface area (Å²) in [5, 5.41) is 3.22. The van der Waals surface area contributed by atoms with Gasteiger partial charge in [-0.1, -0.05) is 43.7 Å². The molecule has 0 aromatic heterocycles. The molecule has 2 rings (SSSR count). The number of aryl methyl sites for hydroxylation is 1. The lowest BCUT2D eigenvalue weighted by atomic mass is 10.1. The van der Waals surface area contributed by atoms with E-state index in [-0.39, 0.29) is 29.7 Å². The van der Waals surface area contributed by atoms with Gasteiger partial charge in [-0.15, -0.1) is 24.0 Å². The molecular formula is C20H36IN5O2S. The summed E-state index contributed by atoms with van der Waals surface area (Å²) in [6.45, 7) is 11.9. The van der Waals surface area contributed by atoms with Gasteiger partial charge in [-0.2, -0.15) is 0 Å². The van der Waals surface area contributed by atoms with Crippen LogP contribution in [0.4, 0.5) is 0 Å². The molecule has 0 atom stereocenters. The summed E-state index contributed by atoms with van der Waals surface area (Å²) < 4.78 is 26.1. The molecule has 1 saturated heterocycles. The van der Waals surface area contributed by atoms with Gasteiger partial charge in [0, 0.05) is 59.4 Å². The molecule has 1 heterocycles. The third-order valence-electron chi connectivity index (χ3n) is 5.11. The average Bonchev–Trinajstić information content (AvgIpc) is 2.67. The van der Waals surface area contributed by atoms with E-state index < -0.39 is 10.0 Å². The Labute approximate surface area is 193 Å². The molecule has 1 aliphatic rings. The van der Waals surface area contributed by atoms with Crippen molar-refractivity contribution in [3.63, 3.8) is 0 Å². The van der Waals surface area contributed by atoms with Crippen LogP contribution in [-0.2, 0) is 16.6 Å². The van der Waals surface area contributed by atoms with Crippen molar-refractivity contribution in [3.05, 3.63) is 35.4 Å².